The van der Waals surface area contributed by atoms with E-state index in [1.54, 1.807) is 12.1 Å². The molecule has 2 nitrogen and oxygen atoms in total. The van der Waals surface area contributed by atoms with Crippen LogP contribution in [0.4, 0.5) is 5.69 Å². The van der Waals surface area contributed by atoms with E-state index in [4.69, 9.17) is 34.0 Å². The smallest absolute Gasteiger partial charge is 0.0693 e. The van der Waals surface area contributed by atoms with Crippen LogP contribution in [0, 0.1) is 0 Å². The van der Waals surface area contributed by atoms with Crippen molar-refractivity contribution in [2.24, 2.45) is 0 Å². The molecule has 0 spiro atoms. The molecule has 0 aromatic heterocycles. The maximum atomic E-state index is 8.57. The van der Waals surface area contributed by atoms with Gasteiger partial charge in [0.1, 0.15) is 0 Å². The van der Waals surface area contributed by atoms with Gasteiger partial charge in [-0.05, 0) is 24.1 Å². The molecule has 0 saturated carbocycles. The molecule has 0 heterocycles. The molecule has 0 bridgehead atoms. The zero-order valence-electron chi connectivity index (χ0n) is 7.50. The molecule has 0 fully saturated rings. The number of hydrogen-bond acceptors (Lipinski definition) is 2. The highest BCUT2D eigenvalue weighted by molar-refractivity contribution is 6.39. The summed E-state index contributed by atoms with van der Waals surface area (Å²) in [6, 6.07) is 3.47. The number of anilines is 1. The largest absolute Gasteiger partial charge is 0.396 e. The van der Waals surface area contributed by atoms with E-state index in [0.29, 0.717) is 22.2 Å². The molecule has 0 radical (unpaired) electrons. The normalized spacial score (nSPS) is 11.1. The molecule has 0 aliphatic rings. The van der Waals surface area contributed by atoms with Gasteiger partial charge in [0.05, 0.1) is 15.7 Å². The van der Waals surface area contributed by atoms with Crippen LogP contribution in [0.2, 0.25) is 10.0 Å². The van der Waals surface area contributed by atoms with Crippen LogP contribution in [-0.4, -0.2) is 11.7 Å². The number of benzene rings is 1. The van der Waals surface area contributed by atoms with E-state index < -0.39 is 0 Å². The summed E-state index contributed by atoms with van der Waals surface area (Å²) in [7, 11) is 0. The maximum absolute atomic E-state index is 8.57. The Morgan fingerprint density at radius 2 is 1.86 bits per heavy atom. The van der Waals surface area contributed by atoms with Gasteiger partial charge in [-0.15, -0.1) is 0 Å². The molecule has 0 aliphatic heterocycles. The highest BCUT2D eigenvalue weighted by Gasteiger charge is 2.02. The average molecular weight is 232 g/mol. The van der Waals surface area contributed by atoms with Crippen LogP contribution in [0.15, 0.2) is 18.2 Å². The quantitative estimate of drug-likeness (QED) is 0.787. The summed E-state index contributed by atoms with van der Waals surface area (Å²) in [5.74, 6) is 0. The molecule has 0 saturated heterocycles. The Morgan fingerprint density at radius 1 is 1.29 bits per heavy atom. The summed E-state index contributed by atoms with van der Waals surface area (Å²) < 4.78 is 0. The minimum Gasteiger partial charge on any atom is -0.396 e. The highest BCUT2D eigenvalue weighted by Crippen LogP contribution is 2.29. The van der Waals surface area contributed by atoms with Gasteiger partial charge in [0.15, 0.2) is 0 Å². The lowest BCUT2D eigenvalue weighted by molar-refractivity contribution is 0.303. The third-order valence-electron chi connectivity index (χ3n) is 1.71. The summed E-state index contributed by atoms with van der Waals surface area (Å²) in [4.78, 5) is 0. The van der Waals surface area contributed by atoms with E-state index in [1.807, 2.05) is 12.2 Å². The van der Waals surface area contributed by atoms with Gasteiger partial charge in [0, 0.05) is 6.61 Å². The molecule has 0 amide bonds. The van der Waals surface area contributed by atoms with E-state index in [0.717, 1.165) is 5.56 Å². The van der Waals surface area contributed by atoms with Crippen molar-refractivity contribution in [2.45, 2.75) is 6.42 Å². The molecule has 0 unspecified atom stereocenters. The SMILES string of the molecule is Nc1c(Cl)cc(C=CCCO)cc1Cl. The Morgan fingerprint density at radius 3 is 2.36 bits per heavy atom. The molecule has 1 aromatic rings. The van der Waals surface area contributed by atoms with Gasteiger partial charge < -0.3 is 10.8 Å². The molecular formula is C10H11Cl2NO. The summed E-state index contributed by atoms with van der Waals surface area (Å²) in [6.45, 7) is 0.132. The van der Waals surface area contributed by atoms with Crippen LogP contribution >= 0.6 is 23.2 Å². The Labute approximate surface area is 92.9 Å². The monoisotopic (exact) mass is 231 g/mol. The summed E-state index contributed by atoms with van der Waals surface area (Å²) in [5, 5.41) is 9.47. The molecular weight excluding hydrogens is 221 g/mol. The van der Waals surface area contributed by atoms with Crippen molar-refractivity contribution in [1.29, 1.82) is 0 Å². The standard InChI is InChI=1S/C10H11Cl2NO/c11-8-5-7(3-1-2-4-14)6-9(12)10(8)13/h1,3,5-6,14H,2,4,13H2. The Hall–Kier alpha value is -0.700. The van der Waals surface area contributed by atoms with Gasteiger partial charge >= 0.3 is 0 Å². The fourth-order valence-corrected chi connectivity index (χ4v) is 1.50. The highest BCUT2D eigenvalue weighted by atomic mass is 35.5. The average Bonchev–Trinajstić information content (AvgIpc) is 2.14. The minimum absolute atomic E-state index is 0.132. The Bertz CT molecular complexity index is 327. The summed E-state index contributed by atoms with van der Waals surface area (Å²) in [6.07, 6.45) is 4.30. The first-order valence-corrected chi connectivity index (χ1v) is 4.92. The van der Waals surface area contributed by atoms with Crippen LogP contribution in [0.25, 0.3) is 6.08 Å². The Balaban J connectivity index is 2.89. The molecule has 1 aromatic carbocycles. The van der Waals surface area contributed by atoms with E-state index in [9.17, 15) is 0 Å². The van der Waals surface area contributed by atoms with Crippen LogP contribution < -0.4 is 5.73 Å². The van der Waals surface area contributed by atoms with Crippen molar-refractivity contribution in [2.75, 3.05) is 12.3 Å². The second-order valence-electron chi connectivity index (χ2n) is 2.81. The summed E-state index contributed by atoms with van der Waals surface area (Å²) >= 11 is 11.7. The van der Waals surface area contributed by atoms with Crippen LogP contribution in [0.1, 0.15) is 12.0 Å². The number of aliphatic hydroxyl groups is 1. The van der Waals surface area contributed by atoms with Gasteiger partial charge in [0.25, 0.3) is 0 Å². The van der Waals surface area contributed by atoms with Crippen molar-refractivity contribution in [3.05, 3.63) is 33.8 Å². The second-order valence-corrected chi connectivity index (χ2v) is 3.63. The predicted molar refractivity (Wildman–Crippen MR) is 61.6 cm³/mol. The van der Waals surface area contributed by atoms with E-state index in [2.05, 4.69) is 0 Å². The van der Waals surface area contributed by atoms with Gasteiger partial charge in [0.2, 0.25) is 0 Å². The predicted octanol–water partition coefficient (Wildman–Crippen LogP) is 2.97. The van der Waals surface area contributed by atoms with Gasteiger partial charge in [-0.3, -0.25) is 0 Å². The zero-order valence-corrected chi connectivity index (χ0v) is 9.02. The van der Waals surface area contributed by atoms with Crippen molar-refractivity contribution in [3.8, 4) is 0 Å². The maximum Gasteiger partial charge on any atom is 0.0693 e. The number of halogens is 2. The first-order valence-electron chi connectivity index (χ1n) is 4.17. The molecule has 0 atom stereocenters. The number of rotatable bonds is 3. The zero-order chi connectivity index (χ0) is 10.6. The van der Waals surface area contributed by atoms with Gasteiger partial charge in [-0.2, -0.15) is 0 Å². The number of hydrogen-bond donors (Lipinski definition) is 2. The summed E-state index contributed by atoms with van der Waals surface area (Å²) in [5.41, 5.74) is 6.85. The number of aliphatic hydroxyl groups excluding tert-OH is 1. The lowest BCUT2D eigenvalue weighted by Gasteiger charge is -2.02. The third kappa shape index (κ3) is 2.91. The minimum atomic E-state index is 0.132. The van der Waals surface area contributed by atoms with E-state index in [-0.39, 0.29) is 6.61 Å². The van der Waals surface area contributed by atoms with Crippen LogP contribution in [0.3, 0.4) is 0 Å². The molecule has 3 N–H and O–H groups in total. The second kappa shape index (κ2) is 5.25. The van der Waals surface area contributed by atoms with Crippen molar-refractivity contribution >= 4 is 35.0 Å². The van der Waals surface area contributed by atoms with Crippen LogP contribution in [-0.2, 0) is 0 Å². The first kappa shape index (κ1) is 11.4. The fraction of sp³-hybridized carbons (Fsp3) is 0.200. The topological polar surface area (TPSA) is 46.2 Å². The Kier molecular flexibility index (Phi) is 4.26. The lowest BCUT2D eigenvalue weighted by Crippen LogP contribution is -1.88. The molecule has 14 heavy (non-hydrogen) atoms. The van der Waals surface area contributed by atoms with Crippen molar-refractivity contribution in [3.63, 3.8) is 0 Å². The van der Waals surface area contributed by atoms with Crippen molar-refractivity contribution in [1.82, 2.24) is 0 Å². The fourth-order valence-electron chi connectivity index (χ4n) is 0.994. The third-order valence-corrected chi connectivity index (χ3v) is 2.33. The first-order chi connectivity index (χ1) is 6.65. The lowest BCUT2D eigenvalue weighted by atomic mass is 10.2. The molecule has 1 rings (SSSR count). The molecule has 76 valence electrons. The van der Waals surface area contributed by atoms with Crippen LogP contribution in [0.5, 0.6) is 0 Å². The van der Waals surface area contributed by atoms with E-state index in [1.165, 1.54) is 0 Å². The van der Waals surface area contributed by atoms with E-state index >= 15 is 0 Å². The van der Waals surface area contributed by atoms with Gasteiger partial charge in [-0.25, -0.2) is 0 Å². The molecule has 4 heteroatoms. The molecule has 0 aliphatic carbocycles. The van der Waals surface area contributed by atoms with Crippen molar-refractivity contribution < 1.29 is 5.11 Å². The number of nitrogens with two attached hydrogens (primary N) is 1. The van der Waals surface area contributed by atoms with Gasteiger partial charge in [-0.1, -0.05) is 35.4 Å². The number of nitrogen functional groups attached to an aromatic ring is 1.